The summed E-state index contributed by atoms with van der Waals surface area (Å²) in [6, 6.07) is 9.36. The van der Waals surface area contributed by atoms with Crippen LogP contribution in [0, 0.1) is 0 Å². The lowest BCUT2D eigenvalue weighted by Crippen LogP contribution is -2.44. The van der Waals surface area contributed by atoms with E-state index in [1.54, 1.807) is 0 Å². The minimum absolute atomic E-state index is 0.161. The molecule has 0 saturated carbocycles. The van der Waals surface area contributed by atoms with Crippen LogP contribution < -0.4 is 11.1 Å². The number of aliphatic hydroxyl groups excluding tert-OH is 1. The van der Waals surface area contributed by atoms with Gasteiger partial charge in [0.2, 0.25) is 5.91 Å². The highest BCUT2D eigenvalue weighted by atomic mass is 16.3. The molecule has 88 valence electrons. The van der Waals surface area contributed by atoms with Crippen LogP contribution in [0.25, 0.3) is 0 Å². The second kappa shape index (κ2) is 6.25. The van der Waals surface area contributed by atoms with Gasteiger partial charge in [0.15, 0.2) is 0 Å². The minimum Gasteiger partial charge on any atom is -0.390 e. The predicted molar refractivity (Wildman–Crippen MR) is 62.8 cm³/mol. The molecule has 1 aromatic carbocycles. The highest BCUT2D eigenvalue weighted by Gasteiger charge is 2.15. The van der Waals surface area contributed by atoms with Crippen LogP contribution in [0.1, 0.15) is 12.5 Å². The standard InChI is InChI=1S/C12H18N2O2/c1-9(15)14-8-12(16)11(13)7-10-5-3-2-4-6-10/h2-6,11-12,16H,7-8,13H2,1H3,(H,14,15)/t11-,12+/m1/s1. The Bertz CT molecular complexity index is 327. The first-order chi connectivity index (χ1) is 7.59. The number of amides is 1. The molecule has 1 rings (SSSR count). The van der Waals surface area contributed by atoms with Gasteiger partial charge >= 0.3 is 0 Å². The van der Waals surface area contributed by atoms with Crippen LogP contribution in [0.15, 0.2) is 30.3 Å². The van der Waals surface area contributed by atoms with Crippen LogP contribution in [0.2, 0.25) is 0 Å². The molecular formula is C12H18N2O2. The normalized spacial score (nSPS) is 14.2. The zero-order valence-electron chi connectivity index (χ0n) is 9.39. The Labute approximate surface area is 95.5 Å². The quantitative estimate of drug-likeness (QED) is 0.659. The SMILES string of the molecule is CC(=O)NC[C@H](O)[C@H](N)Cc1ccccc1. The van der Waals surface area contributed by atoms with Crippen molar-refractivity contribution in [3.63, 3.8) is 0 Å². The molecule has 0 aromatic heterocycles. The summed E-state index contributed by atoms with van der Waals surface area (Å²) in [5.41, 5.74) is 6.91. The molecule has 4 N–H and O–H groups in total. The van der Waals surface area contributed by atoms with E-state index in [1.165, 1.54) is 6.92 Å². The molecule has 0 spiro atoms. The smallest absolute Gasteiger partial charge is 0.216 e. The Kier molecular flexibility index (Phi) is 4.95. The number of carbonyl (C=O) groups is 1. The Morgan fingerprint density at radius 1 is 1.44 bits per heavy atom. The third-order valence-corrected chi connectivity index (χ3v) is 2.37. The lowest BCUT2D eigenvalue weighted by molar-refractivity contribution is -0.119. The van der Waals surface area contributed by atoms with Crippen LogP contribution in [0.3, 0.4) is 0 Å². The maximum absolute atomic E-state index is 10.7. The summed E-state index contributed by atoms with van der Waals surface area (Å²) >= 11 is 0. The van der Waals surface area contributed by atoms with Gasteiger partial charge in [-0.2, -0.15) is 0 Å². The van der Waals surface area contributed by atoms with Gasteiger partial charge < -0.3 is 16.2 Å². The first kappa shape index (κ1) is 12.7. The molecule has 2 atom stereocenters. The predicted octanol–water partition coefficient (Wildman–Crippen LogP) is 0.0534. The van der Waals surface area contributed by atoms with Gasteiger partial charge in [0, 0.05) is 19.5 Å². The number of rotatable bonds is 5. The van der Waals surface area contributed by atoms with Crippen LogP contribution in [0.5, 0.6) is 0 Å². The Morgan fingerprint density at radius 2 is 2.06 bits per heavy atom. The van der Waals surface area contributed by atoms with E-state index in [0.717, 1.165) is 5.56 Å². The average molecular weight is 222 g/mol. The number of aliphatic hydroxyl groups is 1. The van der Waals surface area contributed by atoms with E-state index < -0.39 is 6.10 Å². The van der Waals surface area contributed by atoms with E-state index in [2.05, 4.69) is 5.32 Å². The number of nitrogens with one attached hydrogen (secondary N) is 1. The highest BCUT2D eigenvalue weighted by molar-refractivity contribution is 5.72. The lowest BCUT2D eigenvalue weighted by atomic mass is 10.0. The van der Waals surface area contributed by atoms with E-state index in [-0.39, 0.29) is 18.5 Å². The Morgan fingerprint density at radius 3 is 2.62 bits per heavy atom. The maximum Gasteiger partial charge on any atom is 0.216 e. The third kappa shape index (κ3) is 4.42. The largest absolute Gasteiger partial charge is 0.390 e. The molecular weight excluding hydrogens is 204 g/mol. The summed E-state index contributed by atoms with van der Waals surface area (Å²) < 4.78 is 0. The van der Waals surface area contributed by atoms with Gasteiger partial charge in [-0.15, -0.1) is 0 Å². The number of nitrogens with two attached hydrogens (primary N) is 1. The topological polar surface area (TPSA) is 75.3 Å². The lowest BCUT2D eigenvalue weighted by Gasteiger charge is -2.18. The highest BCUT2D eigenvalue weighted by Crippen LogP contribution is 2.04. The monoisotopic (exact) mass is 222 g/mol. The van der Waals surface area contributed by atoms with Crippen LogP contribution in [-0.4, -0.2) is 29.7 Å². The molecule has 0 radical (unpaired) electrons. The molecule has 0 aliphatic rings. The molecule has 0 aliphatic carbocycles. The van der Waals surface area contributed by atoms with Crippen molar-refractivity contribution in [3.8, 4) is 0 Å². The van der Waals surface area contributed by atoms with E-state index in [9.17, 15) is 9.90 Å². The molecule has 0 unspecified atom stereocenters. The molecule has 4 heteroatoms. The van der Waals surface area contributed by atoms with Crippen molar-refractivity contribution in [3.05, 3.63) is 35.9 Å². The zero-order valence-corrected chi connectivity index (χ0v) is 9.39. The van der Waals surface area contributed by atoms with Crippen molar-refractivity contribution in [2.45, 2.75) is 25.5 Å². The maximum atomic E-state index is 10.7. The van der Waals surface area contributed by atoms with Crippen LogP contribution in [0.4, 0.5) is 0 Å². The zero-order chi connectivity index (χ0) is 12.0. The van der Waals surface area contributed by atoms with Gasteiger partial charge in [-0.1, -0.05) is 30.3 Å². The van der Waals surface area contributed by atoms with E-state index >= 15 is 0 Å². The van der Waals surface area contributed by atoms with Gasteiger partial charge in [-0.3, -0.25) is 4.79 Å². The van der Waals surface area contributed by atoms with Gasteiger partial charge in [0.25, 0.3) is 0 Å². The summed E-state index contributed by atoms with van der Waals surface area (Å²) in [6.07, 6.45) is -0.120. The minimum atomic E-state index is -0.718. The fourth-order valence-corrected chi connectivity index (χ4v) is 1.42. The van der Waals surface area contributed by atoms with E-state index in [0.29, 0.717) is 6.42 Å². The van der Waals surface area contributed by atoms with Crippen molar-refractivity contribution in [2.75, 3.05) is 6.54 Å². The van der Waals surface area contributed by atoms with Crippen molar-refractivity contribution >= 4 is 5.91 Å². The van der Waals surface area contributed by atoms with Crippen molar-refractivity contribution in [1.82, 2.24) is 5.32 Å². The molecule has 1 amide bonds. The second-order valence-electron chi connectivity index (χ2n) is 3.86. The summed E-state index contributed by atoms with van der Waals surface area (Å²) in [4.78, 5) is 10.7. The van der Waals surface area contributed by atoms with Gasteiger partial charge in [-0.25, -0.2) is 0 Å². The van der Waals surface area contributed by atoms with Crippen LogP contribution >= 0.6 is 0 Å². The molecule has 1 aromatic rings. The molecule has 16 heavy (non-hydrogen) atoms. The summed E-state index contributed by atoms with van der Waals surface area (Å²) in [5.74, 6) is -0.161. The molecule has 0 heterocycles. The van der Waals surface area contributed by atoms with Gasteiger partial charge in [0.1, 0.15) is 0 Å². The number of hydrogen-bond acceptors (Lipinski definition) is 3. The molecule has 4 nitrogen and oxygen atoms in total. The number of hydrogen-bond donors (Lipinski definition) is 3. The molecule has 0 aliphatic heterocycles. The van der Waals surface area contributed by atoms with Gasteiger partial charge in [0.05, 0.1) is 6.10 Å². The fourth-order valence-electron chi connectivity index (χ4n) is 1.42. The second-order valence-corrected chi connectivity index (χ2v) is 3.86. The van der Waals surface area contributed by atoms with E-state index in [4.69, 9.17) is 5.73 Å². The fraction of sp³-hybridized carbons (Fsp3) is 0.417. The van der Waals surface area contributed by atoms with Crippen molar-refractivity contribution in [1.29, 1.82) is 0 Å². The van der Waals surface area contributed by atoms with E-state index in [1.807, 2.05) is 30.3 Å². The summed E-state index contributed by atoms with van der Waals surface area (Å²) in [6.45, 7) is 1.61. The third-order valence-electron chi connectivity index (χ3n) is 2.37. The Hall–Kier alpha value is -1.39. The van der Waals surface area contributed by atoms with Gasteiger partial charge in [-0.05, 0) is 12.0 Å². The first-order valence-electron chi connectivity index (χ1n) is 5.31. The average Bonchev–Trinajstić information content (AvgIpc) is 2.27. The molecule has 0 bridgehead atoms. The number of benzene rings is 1. The molecule has 0 saturated heterocycles. The van der Waals surface area contributed by atoms with Crippen molar-refractivity contribution in [2.24, 2.45) is 5.73 Å². The Balaban J connectivity index is 2.39. The first-order valence-corrected chi connectivity index (χ1v) is 5.31. The number of carbonyl (C=O) groups excluding carboxylic acids is 1. The molecule has 0 fully saturated rings. The summed E-state index contributed by atoms with van der Waals surface area (Å²) in [5, 5.41) is 12.2. The van der Waals surface area contributed by atoms with Crippen LogP contribution in [-0.2, 0) is 11.2 Å². The van der Waals surface area contributed by atoms with Crippen molar-refractivity contribution < 1.29 is 9.90 Å². The summed E-state index contributed by atoms with van der Waals surface area (Å²) in [7, 11) is 0.